The number of nitrogen functional groups attached to an aromatic ring is 1. The van der Waals surface area contributed by atoms with Crippen molar-refractivity contribution < 1.29 is 8.91 Å². The zero-order valence-corrected chi connectivity index (χ0v) is 12.8. The maximum Gasteiger partial charge on any atom is 0.179 e. The van der Waals surface area contributed by atoms with Gasteiger partial charge in [0.1, 0.15) is 5.82 Å². The summed E-state index contributed by atoms with van der Waals surface area (Å²) in [7, 11) is 0. The third-order valence-electron chi connectivity index (χ3n) is 3.23. The third kappa shape index (κ3) is 2.56. The normalized spacial score (nSPS) is 10.8. The van der Waals surface area contributed by atoms with E-state index < -0.39 is 0 Å². The Morgan fingerprint density at radius 1 is 1.14 bits per heavy atom. The van der Waals surface area contributed by atoms with Gasteiger partial charge < -0.3 is 10.3 Å². The summed E-state index contributed by atoms with van der Waals surface area (Å²) < 4.78 is 20.1. The second-order valence-corrected chi connectivity index (χ2v) is 5.68. The number of aromatic nitrogens is 1. The van der Waals surface area contributed by atoms with Crippen LogP contribution in [-0.4, -0.2) is 5.16 Å². The Balaban J connectivity index is 2.21. The summed E-state index contributed by atoms with van der Waals surface area (Å²) in [5, 5.41) is 3.78. The number of nitrogens with two attached hydrogens (primary N) is 1. The summed E-state index contributed by atoms with van der Waals surface area (Å²) >= 11 is 3.33. The number of hydrogen-bond donors (Lipinski definition) is 1. The quantitative estimate of drug-likeness (QED) is 0.724. The number of halogens is 2. The van der Waals surface area contributed by atoms with E-state index in [-0.39, 0.29) is 11.6 Å². The first-order valence-electron chi connectivity index (χ1n) is 6.34. The molecule has 0 saturated heterocycles. The molecule has 2 N–H and O–H groups in total. The Bertz CT molecular complexity index is 797. The molecule has 0 radical (unpaired) electrons. The monoisotopic (exact) mass is 346 g/mol. The minimum absolute atomic E-state index is 0.244. The standard InChI is InChI=1S/C16H12BrFN2O/c1-9-2-4-10(5-3-9)14-15(21-20-16(14)19)12-8-11(17)6-7-13(12)18/h2-8H,1H3,(H2,19,20). The van der Waals surface area contributed by atoms with Gasteiger partial charge in [0.2, 0.25) is 0 Å². The van der Waals surface area contributed by atoms with Crippen molar-refractivity contribution in [3.63, 3.8) is 0 Å². The van der Waals surface area contributed by atoms with E-state index in [0.29, 0.717) is 16.9 Å². The van der Waals surface area contributed by atoms with Gasteiger partial charge in [-0.15, -0.1) is 0 Å². The summed E-state index contributed by atoms with van der Waals surface area (Å²) in [4.78, 5) is 0. The zero-order valence-electron chi connectivity index (χ0n) is 11.2. The van der Waals surface area contributed by atoms with E-state index in [1.807, 2.05) is 31.2 Å². The molecule has 0 aliphatic carbocycles. The topological polar surface area (TPSA) is 52.0 Å². The van der Waals surface area contributed by atoms with Crippen LogP contribution in [0.25, 0.3) is 22.5 Å². The van der Waals surface area contributed by atoms with Crippen molar-refractivity contribution in [2.75, 3.05) is 5.73 Å². The van der Waals surface area contributed by atoms with Crippen LogP contribution < -0.4 is 5.73 Å². The maximum atomic E-state index is 14.1. The van der Waals surface area contributed by atoms with Gasteiger partial charge in [0.05, 0.1) is 11.1 Å². The largest absolute Gasteiger partial charge is 0.380 e. The fourth-order valence-electron chi connectivity index (χ4n) is 2.16. The van der Waals surface area contributed by atoms with Gasteiger partial charge in [0.25, 0.3) is 0 Å². The average Bonchev–Trinajstić information content (AvgIpc) is 2.84. The van der Waals surface area contributed by atoms with Crippen molar-refractivity contribution in [1.29, 1.82) is 0 Å². The van der Waals surface area contributed by atoms with Crippen LogP contribution in [0, 0.1) is 12.7 Å². The third-order valence-corrected chi connectivity index (χ3v) is 3.73. The van der Waals surface area contributed by atoms with Crippen LogP contribution >= 0.6 is 15.9 Å². The van der Waals surface area contributed by atoms with E-state index in [0.717, 1.165) is 15.6 Å². The molecule has 0 unspecified atom stereocenters. The molecule has 5 heteroatoms. The number of aryl methyl sites for hydroxylation is 1. The molecule has 3 rings (SSSR count). The molecule has 1 heterocycles. The summed E-state index contributed by atoms with van der Waals surface area (Å²) in [6.07, 6.45) is 0. The molecule has 21 heavy (non-hydrogen) atoms. The predicted molar refractivity (Wildman–Crippen MR) is 84.2 cm³/mol. The van der Waals surface area contributed by atoms with Crippen LogP contribution in [0.1, 0.15) is 5.56 Å². The van der Waals surface area contributed by atoms with Crippen molar-refractivity contribution in [1.82, 2.24) is 5.16 Å². The number of hydrogen-bond acceptors (Lipinski definition) is 3. The molecule has 0 fully saturated rings. The molecule has 2 aromatic carbocycles. The predicted octanol–water partition coefficient (Wildman–Crippen LogP) is 4.80. The molecular weight excluding hydrogens is 335 g/mol. The van der Waals surface area contributed by atoms with E-state index in [9.17, 15) is 4.39 Å². The fraction of sp³-hybridized carbons (Fsp3) is 0.0625. The number of nitrogens with zero attached hydrogens (tertiary/aromatic N) is 1. The van der Waals surface area contributed by atoms with Crippen LogP contribution in [0.2, 0.25) is 0 Å². The van der Waals surface area contributed by atoms with Crippen LogP contribution in [0.4, 0.5) is 10.2 Å². The Hall–Kier alpha value is -2.14. The van der Waals surface area contributed by atoms with E-state index in [1.54, 1.807) is 12.1 Å². The van der Waals surface area contributed by atoms with E-state index >= 15 is 0 Å². The Morgan fingerprint density at radius 2 is 1.86 bits per heavy atom. The van der Waals surface area contributed by atoms with Gasteiger partial charge >= 0.3 is 0 Å². The molecule has 3 aromatic rings. The van der Waals surface area contributed by atoms with Crippen molar-refractivity contribution in [3.05, 3.63) is 58.3 Å². The summed E-state index contributed by atoms with van der Waals surface area (Å²) in [5.41, 5.74) is 8.79. The van der Waals surface area contributed by atoms with Gasteiger partial charge in [-0.05, 0) is 30.7 Å². The van der Waals surface area contributed by atoms with E-state index in [2.05, 4.69) is 21.1 Å². The number of benzene rings is 2. The van der Waals surface area contributed by atoms with Gasteiger partial charge in [-0.1, -0.05) is 50.9 Å². The minimum Gasteiger partial charge on any atom is -0.380 e. The SMILES string of the molecule is Cc1ccc(-c2c(N)noc2-c2cc(Br)ccc2F)cc1. The van der Waals surface area contributed by atoms with Gasteiger partial charge in [-0.3, -0.25) is 0 Å². The number of rotatable bonds is 2. The summed E-state index contributed by atoms with van der Waals surface area (Å²) in [6.45, 7) is 2.00. The molecule has 0 saturated carbocycles. The van der Waals surface area contributed by atoms with E-state index in [4.69, 9.17) is 10.3 Å². The molecule has 3 nitrogen and oxygen atoms in total. The van der Waals surface area contributed by atoms with Crippen molar-refractivity contribution in [2.45, 2.75) is 6.92 Å². The smallest absolute Gasteiger partial charge is 0.179 e. The molecule has 0 bridgehead atoms. The molecule has 0 spiro atoms. The van der Waals surface area contributed by atoms with Gasteiger partial charge in [-0.25, -0.2) is 4.39 Å². The first-order valence-corrected chi connectivity index (χ1v) is 7.13. The molecular formula is C16H12BrFN2O. The Morgan fingerprint density at radius 3 is 2.57 bits per heavy atom. The highest BCUT2D eigenvalue weighted by atomic mass is 79.9. The first-order chi connectivity index (χ1) is 10.1. The average molecular weight is 347 g/mol. The lowest BCUT2D eigenvalue weighted by atomic mass is 10.0. The lowest BCUT2D eigenvalue weighted by molar-refractivity contribution is 0.433. The van der Waals surface area contributed by atoms with Crippen molar-refractivity contribution in [3.8, 4) is 22.5 Å². The summed E-state index contributed by atoms with van der Waals surface area (Å²) in [5.74, 6) is 0.186. The highest BCUT2D eigenvalue weighted by Crippen LogP contribution is 2.38. The highest BCUT2D eigenvalue weighted by Gasteiger charge is 2.20. The zero-order chi connectivity index (χ0) is 15.0. The lowest BCUT2D eigenvalue weighted by Crippen LogP contribution is -1.90. The second-order valence-electron chi connectivity index (χ2n) is 4.76. The van der Waals surface area contributed by atoms with Gasteiger partial charge in [0, 0.05) is 4.47 Å². The maximum absolute atomic E-state index is 14.1. The fourth-order valence-corrected chi connectivity index (χ4v) is 2.52. The van der Waals surface area contributed by atoms with Crippen LogP contribution in [0.15, 0.2) is 51.5 Å². The second kappa shape index (κ2) is 5.33. The Labute approximate surface area is 129 Å². The molecule has 0 aliphatic heterocycles. The molecule has 1 aromatic heterocycles. The minimum atomic E-state index is -0.386. The Kier molecular flexibility index (Phi) is 3.51. The van der Waals surface area contributed by atoms with Gasteiger partial charge in [0.15, 0.2) is 11.6 Å². The molecule has 0 atom stereocenters. The molecule has 106 valence electrons. The van der Waals surface area contributed by atoms with E-state index in [1.165, 1.54) is 6.07 Å². The lowest BCUT2D eigenvalue weighted by Gasteiger charge is -2.05. The van der Waals surface area contributed by atoms with Crippen LogP contribution in [0.5, 0.6) is 0 Å². The summed E-state index contributed by atoms with van der Waals surface area (Å²) in [6, 6.07) is 12.4. The molecule has 0 aliphatic rings. The van der Waals surface area contributed by atoms with Crippen molar-refractivity contribution in [2.24, 2.45) is 0 Å². The van der Waals surface area contributed by atoms with Gasteiger partial charge in [-0.2, -0.15) is 0 Å². The highest BCUT2D eigenvalue weighted by molar-refractivity contribution is 9.10. The van der Waals surface area contributed by atoms with Crippen LogP contribution in [-0.2, 0) is 0 Å². The molecule has 0 amide bonds. The van der Waals surface area contributed by atoms with Crippen molar-refractivity contribution >= 4 is 21.7 Å². The van der Waals surface area contributed by atoms with Crippen LogP contribution in [0.3, 0.4) is 0 Å². The first kappa shape index (κ1) is 13.8. The number of anilines is 1.